The van der Waals surface area contributed by atoms with Gasteiger partial charge in [0.25, 0.3) is 0 Å². The van der Waals surface area contributed by atoms with Gasteiger partial charge in [0.2, 0.25) is 0 Å². The van der Waals surface area contributed by atoms with Crippen molar-refractivity contribution in [3.05, 3.63) is 133 Å². The van der Waals surface area contributed by atoms with Crippen molar-refractivity contribution in [1.29, 1.82) is 5.26 Å². The zero-order valence-corrected chi connectivity index (χ0v) is 21.4. The molecule has 3 nitrogen and oxygen atoms in total. The van der Waals surface area contributed by atoms with Gasteiger partial charge in [0, 0.05) is 21.5 Å². The van der Waals surface area contributed by atoms with Crippen LogP contribution < -0.4 is 0 Å². The van der Waals surface area contributed by atoms with Gasteiger partial charge in [-0.15, -0.1) is 0 Å². The van der Waals surface area contributed by atoms with E-state index in [1.54, 1.807) is 0 Å². The third kappa shape index (κ3) is 3.51. The smallest absolute Gasteiger partial charge is 0.136 e. The number of rotatable bonds is 3. The first kappa shape index (κ1) is 22.4. The fourth-order valence-corrected chi connectivity index (χ4v) is 5.77. The van der Waals surface area contributed by atoms with Crippen molar-refractivity contribution in [2.24, 2.45) is 0 Å². The van der Waals surface area contributed by atoms with Gasteiger partial charge in [-0.1, -0.05) is 66.7 Å². The molecule has 2 heterocycles. The summed E-state index contributed by atoms with van der Waals surface area (Å²) in [4.78, 5) is 0. The van der Waals surface area contributed by atoms with Gasteiger partial charge in [-0.25, -0.2) is 0 Å². The molecule has 0 saturated carbocycles. The minimum Gasteiger partial charge on any atom is -0.456 e. The molecule has 0 bridgehead atoms. The first-order valence-corrected chi connectivity index (χ1v) is 13.2. The van der Waals surface area contributed by atoms with Gasteiger partial charge in [0.15, 0.2) is 0 Å². The third-order valence-electron chi connectivity index (χ3n) is 7.70. The molecule has 0 aliphatic rings. The summed E-state index contributed by atoms with van der Waals surface area (Å²) in [6.07, 6.45) is 0. The maximum atomic E-state index is 9.33. The van der Waals surface area contributed by atoms with E-state index in [1.807, 2.05) is 60.7 Å². The van der Waals surface area contributed by atoms with Gasteiger partial charge >= 0.3 is 0 Å². The highest BCUT2D eigenvalue weighted by molar-refractivity contribution is 6.13. The lowest BCUT2D eigenvalue weighted by Crippen LogP contribution is -1.87. The van der Waals surface area contributed by atoms with E-state index in [0.717, 1.165) is 77.3 Å². The second kappa shape index (κ2) is 8.73. The van der Waals surface area contributed by atoms with Crippen LogP contribution in [0.25, 0.3) is 77.3 Å². The van der Waals surface area contributed by atoms with Crippen LogP contribution in [0.15, 0.2) is 136 Å². The third-order valence-corrected chi connectivity index (χ3v) is 7.70. The predicted molar refractivity (Wildman–Crippen MR) is 162 cm³/mol. The molecule has 8 rings (SSSR count). The Morgan fingerprint density at radius 2 is 1.02 bits per heavy atom. The van der Waals surface area contributed by atoms with Gasteiger partial charge in [0.05, 0.1) is 11.6 Å². The van der Waals surface area contributed by atoms with Crippen molar-refractivity contribution < 1.29 is 8.83 Å². The minimum absolute atomic E-state index is 0.645. The van der Waals surface area contributed by atoms with E-state index in [4.69, 9.17) is 8.83 Å². The first-order chi connectivity index (χ1) is 19.7. The Morgan fingerprint density at radius 1 is 0.425 bits per heavy atom. The molecule has 186 valence electrons. The number of furan rings is 2. The minimum atomic E-state index is 0.645. The van der Waals surface area contributed by atoms with E-state index in [9.17, 15) is 5.26 Å². The number of para-hydroxylation sites is 2. The Kier molecular flexibility index (Phi) is 4.89. The quantitative estimate of drug-likeness (QED) is 0.237. The van der Waals surface area contributed by atoms with Crippen LogP contribution in [-0.2, 0) is 0 Å². The summed E-state index contributed by atoms with van der Waals surface area (Å²) in [7, 11) is 0. The fourth-order valence-electron chi connectivity index (χ4n) is 5.77. The molecule has 0 unspecified atom stereocenters. The lowest BCUT2D eigenvalue weighted by Gasteiger charge is -2.12. The SMILES string of the molecule is N#Cc1ccc(-c2cc(-c3ccc4oc5ccccc5c4c3)cc(-c3cccc4oc5ccccc5c34)c2)cc1. The van der Waals surface area contributed by atoms with Crippen LogP contribution in [0.3, 0.4) is 0 Å². The maximum absolute atomic E-state index is 9.33. The lowest BCUT2D eigenvalue weighted by atomic mass is 9.91. The predicted octanol–water partition coefficient (Wildman–Crippen LogP) is 10.4. The molecule has 0 saturated heterocycles. The average Bonchev–Trinajstić information content (AvgIpc) is 3.59. The van der Waals surface area contributed by atoms with Gasteiger partial charge in [0.1, 0.15) is 22.3 Å². The molecule has 6 aromatic carbocycles. The van der Waals surface area contributed by atoms with Crippen molar-refractivity contribution in [2.45, 2.75) is 0 Å². The van der Waals surface area contributed by atoms with Crippen LogP contribution in [-0.4, -0.2) is 0 Å². The van der Waals surface area contributed by atoms with E-state index in [2.05, 4.69) is 72.8 Å². The number of benzene rings is 6. The molecular formula is C37H21NO2. The number of nitrogens with zero attached hydrogens (tertiary/aromatic N) is 1. The molecule has 0 spiro atoms. The molecule has 0 atom stereocenters. The van der Waals surface area contributed by atoms with Crippen LogP contribution in [0.2, 0.25) is 0 Å². The summed E-state index contributed by atoms with van der Waals surface area (Å²) in [6.45, 7) is 0. The molecule has 0 fully saturated rings. The summed E-state index contributed by atoms with van der Waals surface area (Å²) >= 11 is 0. The molecule has 40 heavy (non-hydrogen) atoms. The van der Waals surface area contributed by atoms with Crippen LogP contribution >= 0.6 is 0 Å². The summed E-state index contributed by atoms with van der Waals surface area (Å²) in [5.74, 6) is 0. The summed E-state index contributed by atoms with van der Waals surface area (Å²) in [6, 6.07) is 45.7. The molecule has 0 amide bonds. The number of hydrogen-bond donors (Lipinski definition) is 0. The molecule has 8 aromatic rings. The summed E-state index contributed by atoms with van der Waals surface area (Å²) < 4.78 is 12.3. The van der Waals surface area contributed by atoms with Crippen LogP contribution in [0.4, 0.5) is 0 Å². The zero-order chi connectivity index (χ0) is 26.6. The van der Waals surface area contributed by atoms with E-state index in [1.165, 1.54) is 0 Å². The highest BCUT2D eigenvalue weighted by Crippen LogP contribution is 2.40. The Labute approximate surface area is 230 Å². The van der Waals surface area contributed by atoms with Crippen LogP contribution in [0, 0.1) is 11.3 Å². The number of nitriles is 1. The Morgan fingerprint density at radius 3 is 1.82 bits per heavy atom. The fraction of sp³-hybridized carbons (Fsp3) is 0. The molecule has 0 N–H and O–H groups in total. The van der Waals surface area contributed by atoms with Crippen LogP contribution in [0.5, 0.6) is 0 Å². The van der Waals surface area contributed by atoms with Crippen LogP contribution in [0.1, 0.15) is 5.56 Å². The van der Waals surface area contributed by atoms with E-state index >= 15 is 0 Å². The monoisotopic (exact) mass is 511 g/mol. The normalized spacial score (nSPS) is 11.5. The Hall–Kier alpha value is -5.59. The van der Waals surface area contributed by atoms with E-state index < -0.39 is 0 Å². The highest BCUT2D eigenvalue weighted by Gasteiger charge is 2.15. The lowest BCUT2D eigenvalue weighted by molar-refractivity contribution is 0.668. The number of hydrogen-bond acceptors (Lipinski definition) is 3. The van der Waals surface area contributed by atoms with Crippen molar-refractivity contribution in [3.63, 3.8) is 0 Å². The second-order valence-electron chi connectivity index (χ2n) is 10.1. The summed E-state index contributed by atoms with van der Waals surface area (Å²) in [5, 5.41) is 13.7. The number of fused-ring (bicyclic) bond motifs is 6. The highest BCUT2D eigenvalue weighted by atomic mass is 16.3. The zero-order valence-electron chi connectivity index (χ0n) is 21.4. The first-order valence-electron chi connectivity index (χ1n) is 13.2. The second-order valence-corrected chi connectivity index (χ2v) is 10.1. The molecule has 0 radical (unpaired) electrons. The van der Waals surface area contributed by atoms with Crippen molar-refractivity contribution in [2.75, 3.05) is 0 Å². The van der Waals surface area contributed by atoms with Gasteiger partial charge in [-0.3, -0.25) is 0 Å². The van der Waals surface area contributed by atoms with Crippen molar-refractivity contribution >= 4 is 43.9 Å². The largest absolute Gasteiger partial charge is 0.456 e. The average molecular weight is 512 g/mol. The maximum Gasteiger partial charge on any atom is 0.136 e. The van der Waals surface area contributed by atoms with Gasteiger partial charge in [-0.05, 0) is 94.0 Å². The molecule has 2 aromatic heterocycles. The van der Waals surface area contributed by atoms with E-state index in [0.29, 0.717) is 5.56 Å². The van der Waals surface area contributed by atoms with Gasteiger partial charge < -0.3 is 8.83 Å². The van der Waals surface area contributed by atoms with E-state index in [-0.39, 0.29) is 0 Å². The van der Waals surface area contributed by atoms with Crippen molar-refractivity contribution in [3.8, 4) is 39.4 Å². The summed E-state index contributed by atoms with van der Waals surface area (Å²) in [5.41, 5.74) is 10.7. The molecule has 0 aliphatic carbocycles. The van der Waals surface area contributed by atoms with Gasteiger partial charge in [-0.2, -0.15) is 5.26 Å². The standard InChI is InChI=1S/C37H21NO2/c38-22-23-12-14-24(15-13-23)26-18-27(25-16-17-35-32(21-25)30-6-1-3-9-33(30)39-35)20-28(19-26)29-8-5-11-36-37(29)31-7-2-4-10-34(31)40-36/h1-21H. The molecular weight excluding hydrogens is 490 g/mol. The molecule has 3 heteroatoms. The topological polar surface area (TPSA) is 50.1 Å². The Balaban J connectivity index is 1.39. The van der Waals surface area contributed by atoms with Crippen molar-refractivity contribution in [1.82, 2.24) is 0 Å². The Bertz CT molecular complexity index is 2280. The molecule has 0 aliphatic heterocycles.